The molecule has 3 N–H and O–H groups in total. The summed E-state index contributed by atoms with van der Waals surface area (Å²) < 4.78 is 0. The van der Waals surface area contributed by atoms with Gasteiger partial charge in [-0.05, 0) is 59.8 Å². The molecule has 0 aliphatic carbocycles. The predicted octanol–water partition coefficient (Wildman–Crippen LogP) is 0.502. The monoisotopic (exact) mass is 284 g/mol. The zero-order valence-electron chi connectivity index (χ0n) is 13.6. The molecule has 1 heterocycles. The van der Waals surface area contributed by atoms with Crippen molar-refractivity contribution in [3.05, 3.63) is 0 Å². The maximum Gasteiger partial charge on any atom is 0.221 e. The van der Waals surface area contributed by atoms with Crippen LogP contribution in [0, 0.1) is 5.92 Å². The van der Waals surface area contributed by atoms with Crippen LogP contribution in [-0.4, -0.2) is 68.1 Å². The second-order valence-electron chi connectivity index (χ2n) is 6.56. The van der Waals surface area contributed by atoms with Crippen LogP contribution >= 0.6 is 0 Å². The van der Waals surface area contributed by atoms with E-state index in [2.05, 4.69) is 29.2 Å². The Bertz CT molecular complexity index is 286. The van der Waals surface area contributed by atoms with E-state index in [-0.39, 0.29) is 18.0 Å². The van der Waals surface area contributed by atoms with Crippen molar-refractivity contribution >= 4 is 5.91 Å². The van der Waals surface area contributed by atoms with Crippen molar-refractivity contribution < 1.29 is 4.79 Å². The van der Waals surface area contributed by atoms with Crippen LogP contribution in [0.4, 0.5) is 0 Å². The minimum atomic E-state index is 0.117. The Hall–Kier alpha value is -0.650. The lowest BCUT2D eigenvalue weighted by molar-refractivity contribution is -0.122. The van der Waals surface area contributed by atoms with Gasteiger partial charge in [0, 0.05) is 31.6 Å². The molecule has 0 saturated carbocycles. The second kappa shape index (κ2) is 8.60. The molecule has 1 rings (SSSR count). The van der Waals surface area contributed by atoms with E-state index in [1.807, 2.05) is 13.8 Å². The molecule has 1 unspecified atom stereocenters. The number of piperidine rings is 1. The highest BCUT2D eigenvalue weighted by molar-refractivity contribution is 5.76. The third-order valence-corrected chi connectivity index (χ3v) is 3.93. The fourth-order valence-corrected chi connectivity index (χ4v) is 2.97. The van der Waals surface area contributed by atoms with Crippen LogP contribution in [0.25, 0.3) is 0 Å². The molecule has 0 aromatic rings. The minimum absolute atomic E-state index is 0.117. The van der Waals surface area contributed by atoms with Crippen molar-refractivity contribution in [2.24, 2.45) is 11.7 Å². The molecule has 118 valence electrons. The smallest absolute Gasteiger partial charge is 0.221 e. The first-order valence-electron chi connectivity index (χ1n) is 7.80. The van der Waals surface area contributed by atoms with Crippen molar-refractivity contribution in [1.82, 2.24) is 15.1 Å². The number of hydrogen-bond acceptors (Lipinski definition) is 4. The van der Waals surface area contributed by atoms with Crippen molar-refractivity contribution in [2.75, 3.05) is 40.3 Å². The van der Waals surface area contributed by atoms with Crippen LogP contribution in [0.2, 0.25) is 0 Å². The molecule has 1 atom stereocenters. The van der Waals surface area contributed by atoms with Gasteiger partial charge in [-0.3, -0.25) is 9.69 Å². The number of carbonyl (C=O) groups excluding carboxylic acids is 1. The molecule has 5 heteroatoms. The minimum Gasteiger partial charge on any atom is -0.354 e. The Morgan fingerprint density at radius 1 is 1.35 bits per heavy atom. The van der Waals surface area contributed by atoms with E-state index in [9.17, 15) is 4.79 Å². The molecule has 0 aromatic carbocycles. The van der Waals surface area contributed by atoms with Gasteiger partial charge in [-0.25, -0.2) is 0 Å². The van der Waals surface area contributed by atoms with Gasteiger partial charge in [-0.2, -0.15) is 0 Å². The van der Waals surface area contributed by atoms with Gasteiger partial charge in [0.2, 0.25) is 5.91 Å². The summed E-state index contributed by atoms with van der Waals surface area (Å²) in [5.74, 6) is 0.898. The summed E-state index contributed by atoms with van der Waals surface area (Å²) in [5.41, 5.74) is 5.87. The lowest BCUT2D eigenvalue weighted by atomic mass is 9.94. The fourth-order valence-electron chi connectivity index (χ4n) is 2.97. The van der Waals surface area contributed by atoms with E-state index < -0.39 is 0 Å². The quantitative estimate of drug-likeness (QED) is 0.715. The summed E-state index contributed by atoms with van der Waals surface area (Å²) in [6.45, 7) is 7.83. The molecule has 1 amide bonds. The highest BCUT2D eigenvalue weighted by Crippen LogP contribution is 2.20. The summed E-state index contributed by atoms with van der Waals surface area (Å²) in [7, 11) is 4.26. The molecular formula is C15H32N4O. The zero-order chi connectivity index (χ0) is 15.1. The predicted molar refractivity (Wildman–Crippen MR) is 83.6 cm³/mol. The SMILES string of the molecule is CC(C)NC(=O)CC(CN)N1CCC(CN(C)C)CC1. The fraction of sp³-hybridized carbons (Fsp3) is 0.933. The van der Waals surface area contributed by atoms with Crippen LogP contribution < -0.4 is 11.1 Å². The van der Waals surface area contributed by atoms with Gasteiger partial charge >= 0.3 is 0 Å². The van der Waals surface area contributed by atoms with Crippen molar-refractivity contribution in [3.8, 4) is 0 Å². The van der Waals surface area contributed by atoms with E-state index >= 15 is 0 Å². The first-order chi connectivity index (χ1) is 9.42. The summed E-state index contributed by atoms with van der Waals surface area (Å²) in [5, 5.41) is 2.95. The molecule has 5 nitrogen and oxygen atoms in total. The van der Waals surface area contributed by atoms with Gasteiger partial charge in [0.05, 0.1) is 0 Å². The number of nitrogens with zero attached hydrogens (tertiary/aromatic N) is 2. The number of amides is 1. The van der Waals surface area contributed by atoms with E-state index in [1.165, 1.54) is 12.8 Å². The van der Waals surface area contributed by atoms with E-state index in [0.717, 1.165) is 25.6 Å². The van der Waals surface area contributed by atoms with Gasteiger partial charge in [0.15, 0.2) is 0 Å². The van der Waals surface area contributed by atoms with Crippen LogP contribution in [-0.2, 0) is 4.79 Å². The Kier molecular flexibility index (Phi) is 7.48. The molecule has 0 radical (unpaired) electrons. The Morgan fingerprint density at radius 3 is 2.40 bits per heavy atom. The van der Waals surface area contributed by atoms with Gasteiger partial charge in [-0.15, -0.1) is 0 Å². The summed E-state index contributed by atoms with van der Waals surface area (Å²) in [4.78, 5) is 16.5. The van der Waals surface area contributed by atoms with Gasteiger partial charge in [0.1, 0.15) is 0 Å². The first kappa shape index (κ1) is 17.4. The number of carbonyl (C=O) groups is 1. The van der Waals surface area contributed by atoms with E-state index in [4.69, 9.17) is 5.73 Å². The second-order valence-corrected chi connectivity index (χ2v) is 6.56. The largest absolute Gasteiger partial charge is 0.354 e. The Morgan fingerprint density at radius 2 is 1.95 bits per heavy atom. The molecule has 0 bridgehead atoms. The van der Waals surface area contributed by atoms with Crippen LogP contribution in [0.1, 0.15) is 33.1 Å². The normalized spacial score (nSPS) is 19.6. The summed E-state index contributed by atoms with van der Waals surface area (Å²) in [6, 6.07) is 0.390. The average molecular weight is 284 g/mol. The number of nitrogens with two attached hydrogens (primary N) is 1. The van der Waals surface area contributed by atoms with Crippen molar-refractivity contribution in [3.63, 3.8) is 0 Å². The highest BCUT2D eigenvalue weighted by atomic mass is 16.1. The molecule has 1 aliphatic heterocycles. The topological polar surface area (TPSA) is 61.6 Å². The molecule has 20 heavy (non-hydrogen) atoms. The molecule has 0 spiro atoms. The summed E-state index contributed by atoms with van der Waals surface area (Å²) >= 11 is 0. The maximum absolute atomic E-state index is 11.9. The molecular weight excluding hydrogens is 252 g/mol. The number of rotatable bonds is 7. The van der Waals surface area contributed by atoms with Gasteiger partial charge in [-0.1, -0.05) is 0 Å². The molecule has 1 fully saturated rings. The van der Waals surface area contributed by atoms with Crippen molar-refractivity contribution in [1.29, 1.82) is 0 Å². The van der Waals surface area contributed by atoms with Gasteiger partial charge < -0.3 is 16.0 Å². The van der Waals surface area contributed by atoms with Crippen LogP contribution in [0.3, 0.4) is 0 Å². The standard InChI is InChI=1S/C15H32N4O/c1-12(2)17-15(20)9-14(10-16)19-7-5-13(6-8-19)11-18(3)4/h12-14H,5-11,16H2,1-4H3,(H,17,20). The van der Waals surface area contributed by atoms with Crippen LogP contribution in [0.5, 0.6) is 0 Å². The molecule has 0 aromatic heterocycles. The number of likely N-dealkylation sites (tertiary alicyclic amines) is 1. The molecule has 1 aliphatic rings. The first-order valence-corrected chi connectivity index (χ1v) is 7.80. The van der Waals surface area contributed by atoms with E-state index in [1.54, 1.807) is 0 Å². The highest BCUT2D eigenvalue weighted by Gasteiger charge is 2.26. The third-order valence-electron chi connectivity index (χ3n) is 3.93. The van der Waals surface area contributed by atoms with E-state index in [0.29, 0.717) is 13.0 Å². The van der Waals surface area contributed by atoms with Gasteiger partial charge in [0.25, 0.3) is 0 Å². The van der Waals surface area contributed by atoms with Crippen molar-refractivity contribution in [2.45, 2.75) is 45.2 Å². The number of nitrogens with one attached hydrogen (secondary N) is 1. The lowest BCUT2D eigenvalue weighted by Crippen LogP contribution is -2.48. The average Bonchev–Trinajstić information content (AvgIpc) is 2.35. The summed E-state index contributed by atoms with van der Waals surface area (Å²) in [6.07, 6.45) is 2.94. The lowest BCUT2D eigenvalue weighted by Gasteiger charge is -2.37. The molecule has 1 saturated heterocycles. The number of hydrogen-bond donors (Lipinski definition) is 2. The Labute approximate surface area is 123 Å². The maximum atomic E-state index is 11.9. The zero-order valence-corrected chi connectivity index (χ0v) is 13.6. The Balaban J connectivity index is 2.38. The third kappa shape index (κ3) is 6.20. The van der Waals surface area contributed by atoms with Crippen LogP contribution in [0.15, 0.2) is 0 Å².